The molecule has 0 spiro atoms. The van der Waals surface area contributed by atoms with E-state index in [0.717, 1.165) is 11.6 Å². The number of methoxy groups -OCH3 is 1. The summed E-state index contributed by atoms with van der Waals surface area (Å²) in [7, 11) is 1.49. The summed E-state index contributed by atoms with van der Waals surface area (Å²) in [6.45, 7) is 0.297. The molecule has 2 amide bonds. The van der Waals surface area contributed by atoms with Gasteiger partial charge in [0.25, 0.3) is 11.8 Å². The van der Waals surface area contributed by atoms with Crippen molar-refractivity contribution in [2.45, 2.75) is 6.54 Å². The van der Waals surface area contributed by atoms with Gasteiger partial charge in [0.15, 0.2) is 11.3 Å². The van der Waals surface area contributed by atoms with E-state index in [9.17, 15) is 14.0 Å². The minimum absolute atomic E-state index is 0.0761. The van der Waals surface area contributed by atoms with Crippen LogP contribution in [-0.2, 0) is 6.54 Å². The van der Waals surface area contributed by atoms with Gasteiger partial charge in [0, 0.05) is 17.5 Å². The SMILES string of the molecule is COc1cccc2cc(C(=O)NCc3ccccc3)c(=NNC(=O)c3cccc(F)c3)oc12. The predicted octanol–water partition coefficient (Wildman–Crippen LogP) is 3.76. The highest BCUT2D eigenvalue weighted by Crippen LogP contribution is 2.24. The predicted molar refractivity (Wildman–Crippen MR) is 120 cm³/mol. The smallest absolute Gasteiger partial charge is 0.271 e. The first-order chi connectivity index (χ1) is 16.0. The van der Waals surface area contributed by atoms with Gasteiger partial charge in [-0.05, 0) is 35.9 Å². The zero-order valence-electron chi connectivity index (χ0n) is 17.7. The van der Waals surface area contributed by atoms with E-state index in [1.54, 1.807) is 24.3 Å². The molecule has 4 aromatic rings. The van der Waals surface area contributed by atoms with Crippen LogP contribution in [0.2, 0.25) is 0 Å². The molecule has 7 nitrogen and oxygen atoms in total. The Kier molecular flexibility index (Phi) is 6.45. The van der Waals surface area contributed by atoms with Gasteiger partial charge in [-0.25, -0.2) is 9.82 Å². The number of fused-ring (bicyclic) bond motifs is 1. The van der Waals surface area contributed by atoms with Gasteiger partial charge in [-0.1, -0.05) is 48.5 Å². The Hall–Kier alpha value is -4.46. The van der Waals surface area contributed by atoms with Crippen molar-refractivity contribution < 1.29 is 23.1 Å². The summed E-state index contributed by atoms with van der Waals surface area (Å²) in [5.41, 5.74) is 3.67. The zero-order chi connectivity index (χ0) is 23.2. The van der Waals surface area contributed by atoms with E-state index in [2.05, 4.69) is 15.8 Å². The van der Waals surface area contributed by atoms with Crippen LogP contribution >= 0.6 is 0 Å². The second-order valence-corrected chi connectivity index (χ2v) is 7.08. The Morgan fingerprint density at radius 1 is 0.970 bits per heavy atom. The molecule has 0 fully saturated rings. The van der Waals surface area contributed by atoms with E-state index in [4.69, 9.17) is 9.15 Å². The number of ether oxygens (including phenoxy) is 1. The summed E-state index contributed by atoms with van der Waals surface area (Å²) >= 11 is 0. The van der Waals surface area contributed by atoms with Crippen molar-refractivity contribution in [2.24, 2.45) is 5.10 Å². The lowest BCUT2D eigenvalue weighted by molar-refractivity contribution is 0.0932. The lowest BCUT2D eigenvalue weighted by atomic mass is 10.1. The van der Waals surface area contributed by atoms with Gasteiger partial charge in [0.2, 0.25) is 5.55 Å². The van der Waals surface area contributed by atoms with Gasteiger partial charge in [-0.15, -0.1) is 5.10 Å². The van der Waals surface area contributed by atoms with Crippen LogP contribution in [0.5, 0.6) is 5.75 Å². The van der Waals surface area contributed by atoms with Crippen LogP contribution in [0.1, 0.15) is 26.3 Å². The number of para-hydroxylation sites is 1. The number of hydrogen-bond acceptors (Lipinski definition) is 5. The van der Waals surface area contributed by atoms with E-state index in [0.29, 0.717) is 23.3 Å². The van der Waals surface area contributed by atoms with Crippen LogP contribution in [0.3, 0.4) is 0 Å². The number of carbonyl (C=O) groups is 2. The van der Waals surface area contributed by atoms with E-state index >= 15 is 0 Å². The third kappa shape index (κ3) is 5.07. The van der Waals surface area contributed by atoms with Crippen LogP contribution in [0.4, 0.5) is 4.39 Å². The monoisotopic (exact) mass is 445 g/mol. The van der Waals surface area contributed by atoms with Crippen LogP contribution in [-0.4, -0.2) is 18.9 Å². The second kappa shape index (κ2) is 9.78. The summed E-state index contributed by atoms with van der Waals surface area (Å²) in [6, 6.07) is 21.4. The van der Waals surface area contributed by atoms with Gasteiger partial charge in [0.1, 0.15) is 11.4 Å². The highest BCUT2D eigenvalue weighted by Gasteiger charge is 2.15. The topological polar surface area (TPSA) is 92.9 Å². The number of carbonyl (C=O) groups excluding carboxylic acids is 2. The van der Waals surface area contributed by atoms with Crippen molar-refractivity contribution >= 4 is 22.8 Å². The fourth-order valence-electron chi connectivity index (χ4n) is 3.20. The van der Waals surface area contributed by atoms with Crippen LogP contribution in [0.25, 0.3) is 11.0 Å². The number of rotatable bonds is 6. The number of hydrogen-bond donors (Lipinski definition) is 2. The first-order valence-corrected chi connectivity index (χ1v) is 10.1. The summed E-state index contributed by atoms with van der Waals surface area (Å²) < 4.78 is 24.6. The fourth-order valence-corrected chi connectivity index (χ4v) is 3.20. The number of halogens is 1. The molecule has 0 aliphatic rings. The van der Waals surface area contributed by atoms with Crippen molar-refractivity contribution in [1.29, 1.82) is 0 Å². The highest BCUT2D eigenvalue weighted by atomic mass is 19.1. The molecule has 3 aromatic carbocycles. The van der Waals surface area contributed by atoms with Crippen molar-refractivity contribution in [3.05, 3.63) is 107 Å². The first kappa shape index (κ1) is 21.8. The summed E-state index contributed by atoms with van der Waals surface area (Å²) in [6.07, 6.45) is 0. The van der Waals surface area contributed by atoms with Crippen LogP contribution in [0, 0.1) is 5.82 Å². The number of benzene rings is 3. The molecule has 0 aliphatic carbocycles. The molecule has 0 saturated heterocycles. The number of nitrogens with zero attached hydrogens (tertiary/aromatic N) is 1. The van der Waals surface area contributed by atoms with Gasteiger partial charge in [-0.3, -0.25) is 9.59 Å². The zero-order valence-corrected chi connectivity index (χ0v) is 17.7. The Morgan fingerprint density at radius 2 is 1.76 bits per heavy atom. The Labute approximate surface area is 188 Å². The van der Waals surface area contributed by atoms with E-state index < -0.39 is 17.6 Å². The molecule has 0 bridgehead atoms. The molecule has 0 saturated carbocycles. The fraction of sp³-hybridized carbons (Fsp3) is 0.0800. The molecule has 33 heavy (non-hydrogen) atoms. The molecule has 1 heterocycles. The molecular weight excluding hydrogens is 425 g/mol. The van der Waals surface area contributed by atoms with E-state index in [1.807, 2.05) is 30.3 Å². The maximum atomic E-state index is 13.4. The van der Waals surface area contributed by atoms with Crippen molar-refractivity contribution in [2.75, 3.05) is 7.11 Å². The molecule has 1 aromatic heterocycles. The van der Waals surface area contributed by atoms with Gasteiger partial charge >= 0.3 is 0 Å². The van der Waals surface area contributed by atoms with Crippen molar-refractivity contribution in [3.63, 3.8) is 0 Å². The van der Waals surface area contributed by atoms with Crippen molar-refractivity contribution in [3.8, 4) is 5.75 Å². The highest BCUT2D eigenvalue weighted by molar-refractivity contribution is 5.97. The molecule has 8 heteroatoms. The molecule has 4 rings (SSSR count). The summed E-state index contributed by atoms with van der Waals surface area (Å²) in [4.78, 5) is 25.4. The molecular formula is C25H20FN3O4. The average molecular weight is 445 g/mol. The average Bonchev–Trinajstić information content (AvgIpc) is 2.85. The quantitative estimate of drug-likeness (QED) is 0.442. The van der Waals surface area contributed by atoms with Crippen LogP contribution < -0.4 is 21.0 Å². The maximum absolute atomic E-state index is 13.4. The molecule has 0 unspecified atom stereocenters. The van der Waals surface area contributed by atoms with Gasteiger partial charge in [-0.2, -0.15) is 0 Å². The minimum atomic E-state index is -0.652. The van der Waals surface area contributed by atoms with Crippen LogP contribution in [0.15, 0.2) is 88.4 Å². The largest absolute Gasteiger partial charge is 0.493 e. The standard InChI is InChI=1S/C25H20FN3O4/c1-32-21-12-6-9-17-14-20(24(31)27-15-16-7-3-2-4-8-16)25(33-22(17)21)29-28-23(30)18-10-5-11-19(26)13-18/h2-14H,15H2,1H3,(H,27,31)(H,28,30). The molecule has 0 aliphatic heterocycles. The number of nitrogens with one attached hydrogen (secondary N) is 2. The van der Waals surface area contributed by atoms with Gasteiger partial charge < -0.3 is 14.5 Å². The van der Waals surface area contributed by atoms with E-state index in [1.165, 1.54) is 25.3 Å². The maximum Gasteiger partial charge on any atom is 0.271 e. The Bertz CT molecular complexity index is 1380. The first-order valence-electron chi connectivity index (χ1n) is 10.1. The lowest BCUT2D eigenvalue weighted by Gasteiger charge is -2.09. The summed E-state index contributed by atoms with van der Waals surface area (Å²) in [5, 5.41) is 7.45. The number of amides is 2. The Balaban J connectivity index is 1.71. The van der Waals surface area contributed by atoms with E-state index in [-0.39, 0.29) is 16.7 Å². The minimum Gasteiger partial charge on any atom is -0.493 e. The summed E-state index contributed by atoms with van der Waals surface area (Å²) in [5.74, 6) is -1.20. The third-order valence-corrected chi connectivity index (χ3v) is 4.84. The third-order valence-electron chi connectivity index (χ3n) is 4.84. The molecule has 0 atom stereocenters. The molecule has 0 radical (unpaired) electrons. The Morgan fingerprint density at radius 3 is 2.52 bits per heavy atom. The van der Waals surface area contributed by atoms with Crippen molar-refractivity contribution in [1.82, 2.24) is 10.7 Å². The normalized spacial score (nSPS) is 11.3. The molecule has 166 valence electrons. The molecule has 2 N–H and O–H groups in total. The lowest BCUT2D eigenvalue weighted by Crippen LogP contribution is -2.30. The van der Waals surface area contributed by atoms with Gasteiger partial charge in [0.05, 0.1) is 7.11 Å². The second-order valence-electron chi connectivity index (χ2n) is 7.08.